The van der Waals surface area contributed by atoms with E-state index in [0.717, 1.165) is 0 Å². The highest BCUT2D eigenvalue weighted by Gasteiger charge is 2.40. The number of halogens is 3. The summed E-state index contributed by atoms with van der Waals surface area (Å²) in [4.78, 5) is 0. The molecule has 0 aliphatic carbocycles. The molecule has 0 saturated heterocycles. The lowest BCUT2D eigenvalue weighted by atomic mass is 10.1. The van der Waals surface area contributed by atoms with Gasteiger partial charge in [0.05, 0.1) is 0 Å². The fraction of sp³-hybridized carbons (Fsp3) is 0.500. The Balaban J connectivity index is 2.98. The van der Waals surface area contributed by atoms with Gasteiger partial charge in [-0.05, 0) is 12.1 Å². The number of aryl methyl sites for hydroxylation is 1. The second-order valence-electron chi connectivity index (χ2n) is 2.87. The van der Waals surface area contributed by atoms with Crippen molar-refractivity contribution >= 4 is 0 Å². The summed E-state index contributed by atoms with van der Waals surface area (Å²) in [6.45, 7) is -0.415. The number of hydrogen-bond acceptors (Lipinski definition) is 1. The third-order valence-corrected chi connectivity index (χ3v) is 1.97. The normalized spacial score (nSPS) is 14.5. The molecule has 1 atom stereocenters. The van der Waals surface area contributed by atoms with E-state index >= 15 is 0 Å². The van der Waals surface area contributed by atoms with Crippen LogP contribution in [0.2, 0.25) is 0 Å². The van der Waals surface area contributed by atoms with E-state index in [1.54, 1.807) is 19.3 Å². The molecule has 5 heteroatoms. The maximum Gasteiger partial charge on any atom is 0.398 e. The van der Waals surface area contributed by atoms with Gasteiger partial charge in [-0.3, -0.25) is 0 Å². The molecule has 1 rings (SSSR count). The molecule has 0 amide bonds. The van der Waals surface area contributed by atoms with Crippen LogP contribution < -0.4 is 5.73 Å². The highest BCUT2D eigenvalue weighted by Crippen LogP contribution is 2.33. The summed E-state index contributed by atoms with van der Waals surface area (Å²) in [7, 11) is 1.57. The van der Waals surface area contributed by atoms with Crippen molar-refractivity contribution in [2.75, 3.05) is 6.54 Å². The summed E-state index contributed by atoms with van der Waals surface area (Å²) in [5.74, 6) is -1.56. The number of rotatable bonds is 2. The van der Waals surface area contributed by atoms with Gasteiger partial charge < -0.3 is 10.3 Å². The minimum atomic E-state index is -4.26. The molecular formula is C8H11F3N2. The van der Waals surface area contributed by atoms with Gasteiger partial charge in [-0.25, -0.2) is 0 Å². The third kappa shape index (κ3) is 2.03. The number of alkyl halides is 3. The molecule has 0 aromatic carbocycles. The molecule has 74 valence electrons. The van der Waals surface area contributed by atoms with Gasteiger partial charge in [0, 0.05) is 25.5 Å². The van der Waals surface area contributed by atoms with Gasteiger partial charge in [0.25, 0.3) is 0 Å². The average Bonchev–Trinajstić information content (AvgIpc) is 2.35. The average molecular weight is 192 g/mol. The minimum Gasteiger partial charge on any atom is -0.354 e. The van der Waals surface area contributed by atoms with Crippen molar-refractivity contribution in [2.45, 2.75) is 12.1 Å². The van der Waals surface area contributed by atoms with Crippen molar-refractivity contribution in [3.63, 3.8) is 0 Å². The highest BCUT2D eigenvalue weighted by molar-refractivity contribution is 5.14. The van der Waals surface area contributed by atoms with Crippen molar-refractivity contribution < 1.29 is 13.2 Å². The maximum atomic E-state index is 12.4. The van der Waals surface area contributed by atoms with Crippen LogP contribution in [0.1, 0.15) is 11.6 Å². The molecule has 2 N–H and O–H groups in total. The summed E-state index contributed by atoms with van der Waals surface area (Å²) in [5.41, 5.74) is 5.29. The van der Waals surface area contributed by atoms with Crippen molar-refractivity contribution in [2.24, 2.45) is 12.8 Å². The molecule has 13 heavy (non-hydrogen) atoms. The van der Waals surface area contributed by atoms with E-state index in [1.807, 2.05) is 0 Å². The van der Waals surface area contributed by atoms with Crippen LogP contribution in [0.25, 0.3) is 0 Å². The van der Waals surface area contributed by atoms with Gasteiger partial charge in [-0.15, -0.1) is 0 Å². The topological polar surface area (TPSA) is 30.9 Å². The van der Waals surface area contributed by atoms with E-state index in [-0.39, 0.29) is 5.69 Å². The van der Waals surface area contributed by atoms with Gasteiger partial charge in [0.2, 0.25) is 0 Å². The molecule has 1 heterocycles. The number of aromatic nitrogens is 1. The first kappa shape index (κ1) is 10.1. The zero-order valence-corrected chi connectivity index (χ0v) is 7.17. The van der Waals surface area contributed by atoms with Crippen LogP contribution >= 0.6 is 0 Å². The first-order chi connectivity index (χ1) is 5.96. The molecule has 0 spiro atoms. The maximum absolute atomic E-state index is 12.4. The Morgan fingerprint density at radius 1 is 1.54 bits per heavy atom. The predicted molar refractivity (Wildman–Crippen MR) is 43.3 cm³/mol. The monoisotopic (exact) mass is 192 g/mol. The Hall–Kier alpha value is -0.970. The zero-order valence-electron chi connectivity index (χ0n) is 7.17. The van der Waals surface area contributed by atoms with Crippen LogP contribution in [0.5, 0.6) is 0 Å². The molecule has 1 aromatic rings. The van der Waals surface area contributed by atoms with Crippen LogP contribution in [0.4, 0.5) is 13.2 Å². The van der Waals surface area contributed by atoms with Gasteiger partial charge >= 0.3 is 6.18 Å². The fourth-order valence-corrected chi connectivity index (χ4v) is 1.26. The lowest BCUT2D eigenvalue weighted by molar-refractivity contribution is -0.149. The summed E-state index contributed by atoms with van der Waals surface area (Å²) in [6.07, 6.45) is -2.69. The number of hydrogen-bond donors (Lipinski definition) is 1. The summed E-state index contributed by atoms with van der Waals surface area (Å²) < 4.78 is 38.5. The Labute approximate surface area is 74.1 Å². The molecule has 1 unspecified atom stereocenters. The molecule has 0 aliphatic heterocycles. The van der Waals surface area contributed by atoms with Gasteiger partial charge in [-0.1, -0.05) is 0 Å². The standard InChI is InChI=1S/C8H11F3N2/c1-13-4-2-3-7(13)6(5-12)8(9,10)11/h2-4,6H,5,12H2,1H3. The van der Waals surface area contributed by atoms with Crippen LogP contribution in [0, 0.1) is 0 Å². The Morgan fingerprint density at radius 2 is 2.15 bits per heavy atom. The predicted octanol–water partition coefficient (Wildman–Crippen LogP) is 1.63. The highest BCUT2D eigenvalue weighted by atomic mass is 19.4. The molecule has 0 radical (unpaired) electrons. The second-order valence-corrected chi connectivity index (χ2v) is 2.87. The second kappa shape index (κ2) is 3.41. The Morgan fingerprint density at radius 3 is 2.46 bits per heavy atom. The van der Waals surface area contributed by atoms with Gasteiger partial charge in [0.15, 0.2) is 0 Å². The lowest BCUT2D eigenvalue weighted by Gasteiger charge is -2.19. The van der Waals surface area contributed by atoms with Crippen LogP contribution in [0.15, 0.2) is 18.3 Å². The van der Waals surface area contributed by atoms with E-state index < -0.39 is 18.6 Å². The quantitative estimate of drug-likeness (QED) is 0.758. The van der Waals surface area contributed by atoms with Crippen molar-refractivity contribution in [3.8, 4) is 0 Å². The van der Waals surface area contributed by atoms with Crippen LogP contribution in [-0.2, 0) is 7.05 Å². The molecule has 2 nitrogen and oxygen atoms in total. The number of nitrogens with two attached hydrogens (primary N) is 1. The molecule has 0 saturated carbocycles. The Kier molecular flexibility index (Phi) is 2.66. The summed E-state index contributed by atoms with van der Waals surface area (Å²) >= 11 is 0. The van der Waals surface area contributed by atoms with E-state index in [1.165, 1.54) is 10.6 Å². The first-order valence-corrected chi connectivity index (χ1v) is 3.85. The molecular weight excluding hydrogens is 181 g/mol. The van der Waals surface area contributed by atoms with Crippen LogP contribution in [-0.4, -0.2) is 17.3 Å². The van der Waals surface area contributed by atoms with E-state index in [0.29, 0.717) is 0 Å². The summed E-state index contributed by atoms with van der Waals surface area (Å²) in [6, 6.07) is 3.01. The minimum absolute atomic E-state index is 0.204. The molecule has 0 bridgehead atoms. The van der Waals surface area contributed by atoms with Gasteiger partial charge in [-0.2, -0.15) is 13.2 Å². The zero-order chi connectivity index (χ0) is 10.1. The van der Waals surface area contributed by atoms with Crippen molar-refractivity contribution in [3.05, 3.63) is 24.0 Å². The van der Waals surface area contributed by atoms with E-state index in [9.17, 15) is 13.2 Å². The SMILES string of the molecule is Cn1cccc1C(CN)C(F)(F)F. The summed E-state index contributed by atoms with van der Waals surface area (Å²) in [5, 5.41) is 0. The first-order valence-electron chi connectivity index (χ1n) is 3.85. The van der Waals surface area contributed by atoms with E-state index in [2.05, 4.69) is 0 Å². The largest absolute Gasteiger partial charge is 0.398 e. The van der Waals surface area contributed by atoms with Crippen molar-refractivity contribution in [1.82, 2.24) is 4.57 Å². The molecule has 0 fully saturated rings. The van der Waals surface area contributed by atoms with Crippen molar-refractivity contribution in [1.29, 1.82) is 0 Å². The third-order valence-electron chi connectivity index (χ3n) is 1.97. The fourth-order valence-electron chi connectivity index (χ4n) is 1.26. The van der Waals surface area contributed by atoms with Crippen LogP contribution in [0.3, 0.4) is 0 Å². The smallest absolute Gasteiger partial charge is 0.354 e. The van der Waals surface area contributed by atoms with E-state index in [4.69, 9.17) is 5.73 Å². The Bertz CT molecular complexity index is 277. The number of nitrogens with zero attached hydrogens (tertiary/aromatic N) is 1. The molecule has 1 aromatic heterocycles. The lowest BCUT2D eigenvalue weighted by Crippen LogP contribution is -2.29. The van der Waals surface area contributed by atoms with Gasteiger partial charge in [0.1, 0.15) is 5.92 Å². The molecule has 0 aliphatic rings.